The van der Waals surface area contributed by atoms with Crippen LogP contribution in [0.1, 0.15) is 28.9 Å². The van der Waals surface area contributed by atoms with E-state index in [0.717, 1.165) is 18.0 Å². The van der Waals surface area contributed by atoms with Crippen LogP contribution in [0.25, 0.3) is 0 Å². The number of amidine groups is 1. The maximum atomic E-state index is 14.4. The van der Waals surface area contributed by atoms with E-state index in [2.05, 4.69) is 20.3 Å². The van der Waals surface area contributed by atoms with Crippen molar-refractivity contribution in [1.29, 1.82) is 0 Å². The molecular weight excluding hydrogens is 427 g/mol. The van der Waals surface area contributed by atoms with E-state index in [-0.39, 0.29) is 22.1 Å². The Hall–Kier alpha value is -2.33. The number of aliphatic imine (C=N–C) groups is 1. The largest absolute Gasteiger partial charge is 0.379 e. The van der Waals surface area contributed by atoms with E-state index >= 15 is 0 Å². The lowest BCUT2D eigenvalue weighted by Gasteiger charge is -2.16. The predicted molar refractivity (Wildman–Crippen MR) is 107 cm³/mol. The molecule has 2 aromatic heterocycles. The summed E-state index contributed by atoms with van der Waals surface area (Å²) in [6, 6.07) is 4.22. The lowest BCUT2D eigenvalue weighted by atomic mass is 10.1. The maximum absolute atomic E-state index is 14.4. The Kier molecular flexibility index (Phi) is 6.04. The molecule has 1 saturated carbocycles. The summed E-state index contributed by atoms with van der Waals surface area (Å²) in [6.45, 7) is 1.59. The van der Waals surface area contributed by atoms with Gasteiger partial charge in [0.1, 0.15) is 5.69 Å². The van der Waals surface area contributed by atoms with Gasteiger partial charge in [-0.3, -0.25) is 9.79 Å². The highest BCUT2D eigenvalue weighted by molar-refractivity contribution is 8.15. The number of aromatic nitrogens is 2. The van der Waals surface area contributed by atoms with Crippen molar-refractivity contribution in [2.24, 2.45) is 16.6 Å². The third-order valence-electron chi connectivity index (χ3n) is 4.85. The molecule has 1 amide bonds. The molecular formula is C18H17ClF3N5OS. The molecule has 2 heterocycles. The number of hydrogen-bond donors (Lipinski definition) is 2. The molecule has 0 radical (unpaired) electrons. The number of hydrogen-bond acceptors (Lipinski definition) is 5. The van der Waals surface area contributed by atoms with Gasteiger partial charge in [0.25, 0.3) is 12.3 Å². The van der Waals surface area contributed by atoms with Crippen LogP contribution in [0.5, 0.6) is 0 Å². The molecule has 1 fully saturated rings. The monoisotopic (exact) mass is 443 g/mol. The Morgan fingerprint density at radius 2 is 2.10 bits per heavy atom. The molecule has 2 aromatic rings. The molecule has 0 spiro atoms. The fraction of sp³-hybridized carbons (Fsp3) is 0.333. The molecule has 1 aliphatic rings. The molecule has 0 aliphatic heterocycles. The summed E-state index contributed by atoms with van der Waals surface area (Å²) in [4.78, 5) is 23.5. The van der Waals surface area contributed by atoms with Crippen LogP contribution in [-0.2, 0) is 0 Å². The summed E-state index contributed by atoms with van der Waals surface area (Å²) in [5.41, 5.74) is 5.87. The number of rotatable bonds is 5. The zero-order chi connectivity index (χ0) is 21.3. The normalized spacial score (nSPS) is 23.9. The van der Waals surface area contributed by atoms with E-state index in [1.807, 2.05) is 0 Å². The van der Waals surface area contributed by atoms with E-state index in [9.17, 15) is 18.0 Å². The van der Waals surface area contributed by atoms with Gasteiger partial charge in [-0.15, -0.1) is 0 Å². The number of carbonyl (C=O) groups excluding carboxylic acids is 1. The van der Waals surface area contributed by atoms with Gasteiger partial charge in [-0.05, 0) is 24.1 Å². The number of nitrogens with two attached hydrogens (primary N) is 1. The molecule has 2 unspecified atom stereocenters. The highest BCUT2D eigenvalue weighted by Crippen LogP contribution is 2.68. The van der Waals surface area contributed by atoms with Crippen LogP contribution in [0.15, 0.2) is 35.6 Å². The van der Waals surface area contributed by atoms with Crippen molar-refractivity contribution in [2.75, 3.05) is 12.4 Å². The van der Waals surface area contributed by atoms with Crippen LogP contribution in [0, 0.1) is 11.9 Å². The van der Waals surface area contributed by atoms with Crippen LogP contribution in [0.2, 0.25) is 5.02 Å². The summed E-state index contributed by atoms with van der Waals surface area (Å²) in [6.07, 6.45) is -0.340. The average Bonchev–Trinajstić information content (AvgIpc) is 3.28. The molecule has 3 N–H and O–H groups in total. The van der Waals surface area contributed by atoms with Crippen LogP contribution >= 0.6 is 23.4 Å². The van der Waals surface area contributed by atoms with Crippen LogP contribution in [-0.4, -0.2) is 39.3 Å². The van der Waals surface area contributed by atoms with Crippen molar-refractivity contribution in [3.05, 3.63) is 52.8 Å². The number of thioether (sulfide) groups is 1. The van der Waals surface area contributed by atoms with Gasteiger partial charge >= 0.3 is 0 Å². The standard InChI is InChI=1S/C18H17ClF3N5OS/c1-8-13(18(8,16(21)22)29-17(23)24-2)11-5-10(7-26-14(11)20)27-15(28)12-4-3-9(19)6-25-12/h3-8,13,16H,1-2H3,(H2,23,24)(H,27,28)/t8?,13?,18-/m0/s1. The highest BCUT2D eigenvalue weighted by atomic mass is 35.5. The van der Waals surface area contributed by atoms with Gasteiger partial charge < -0.3 is 11.1 Å². The first-order valence-corrected chi connectivity index (χ1v) is 9.68. The number of alkyl halides is 2. The Morgan fingerprint density at radius 3 is 2.69 bits per heavy atom. The Bertz CT molecular complexity index is 959. The SMILES string of the molecule is C/N=C(/N)S[C@@]1(C(F)F)C(C)C1c1cc(NC(=O)c2ccc(Cl)cn2)cnc1F. The molecule has 0 saturated heterocycles. The van der Waals surface area contributed by atoms with Crippen LogP contribution in [0.3, 0.4) is 0 Å². The third kappa shape index (κ3) is 4.04. The fourth-order valence-corrected chi connectivity index (χ4v) is 4.65. The number of nitrogens with one attached hydrogen (secondary N) is 1. The van der Waals surface area contributed by atoms with Crippen LogP contribution in [0.4, 0.5) is 18.9 Å². The Labute approximate surface area is 174 Å². The topological polar surface area (TPSA) is 93.3 Å². The molecule has 11 heteroatoms. The number of carbonyl (C=O) groups is 1. The lowest BCUT2D eigenvalue weighted by molar-refractivity contribution is 0.102. The first-order chi connectivity index (χ1) is 13.7. The average molecular weight is 444 g/mol. The van der Waals surface area contributed by atoms with Gasteiger partial charge in [0.15, 0.2) is 5.17 Å². The van der Waals surface area contributed by atoms with E-state index < -0.39 is 34.9 Å². The smallest absolute Gasteiger partial charge is 0.274 e. The van der Waals surface area contributed by atoms with Gasteiger partial charge in [-0.1, -0.05) is 30.3 Å². The van der Waals surface area contributed by atoms with E-state index in [0.29, 0.717) is 5.02 Å². The molecule has 0 bridgehead atoms. The first kappa shape index (κ1) is 21.4. The van der Waals surface area contributed by atoms with Crippen molar-refractivity contribution in [2.45, 2.75) is 24.0 Å². The Balaban J connectivity index is 1.87. The maximum Gasteiger partial charge on any atom is 0.274 e. The number of anilines is 1. The zero-order valence-electron chi connectivity index (χ0n) is 15.4. The fourth-order valence-electron chi connectivity index (χ4n) is 3.29. The number of halogens is 4. The minimum absolute atomic E-state index is 0.00807. The second kappa shape index (κ2) is 8.19. The molecule has 0 aromatic carbocycles. The quantitative estimate of drug-likeness (QED) is 0.415. The molecule has 154 valence electrons. The molecule has 3 rings (SSSR count). The van der Waals surface area contributed by atoms with E-state index in [1.54, 1.807) is 6.92 Å². The van der Waals surface area contributed by atoms with Gasteiger partial charge in [0, 0.05) is 24.7 Å². The van der Waals surface area contributed by atoms with Crippen LogP contribution < -0.4 is 11.1 Å². The molecule has 29 heavy (non-hydrogen) atoms. The van der Waals surface area contributed by atoms with Gasteiger partial charge in [-0.25, -0.2) is 18.7 Å². The molecule has 3 atom stereocenters. The second-order valence-corrected chi connectivity index (χ2v) is 8.27. The summed E-state index contributed by atoms with van der Waals surface area (Å²) < 4.78 is 40.6. The highest BCUT2D eigenvalue weighted by Gasteiger charge is 2.70. The zero-order valence-corrected chi connectivity index (χ0v) is 16.9. The van der Waals surface area contributed by atoms with E-state index in [1.165, 1.54) is 31.4 Å². The number of amides is 1. The summed E-state index contributed by atoms with van der Waals surface area (Å²) in [7, 11) is 1.40. The minimum Gasteiger partial charge on any atom is -0.379 e. The van der Waals surface area contributed by atoms with Crippen molar-refractivity contribution in [3.8, 4) is 0 Å². The summed E-state index contributed by atoms with van der Waals surface area (Å²) >= 11 is 6.47. The first-order valence-electron chi connectivity index (χ1n) is 8.48. The summed E-state index contributed by atoms with van der Waals surface area (Å²) in [5, 5.41) is 2.89. The van der Waals surface area contributed by atoms with Gasteiger partial charge in [-0.2, -0.15) is 4.39 Å². The molecule has 6 nitrogen and oxygen atoms in total. The predicted octanol–water partition coefficient (Wildman–Crippen LogP) is 3.94. The minimum atomic E-state index is -2.76. The van der Waals surface area contributed by atoms with Gasteiger partial charge in [0.2, 0.25) is 5.95 Å². The third-order valence-corrected chi connectivity index (χ3v) is 6.62. The number of nitrogens with zero attached hydrogens (tertiary/aromatic N) is 3. The van der Waals surface area contributed by atoms with Crippen molar-refractivity contribution in [3.63, 3.8) is 0 Å². The Morgan fingerprint density at radius 1 is 1.38 bits per heavy atom. The second-order valence-electron chi connectivity index (χ2n) is 6.50. The van der Waals surface area contributed by atoms with Crippen molar-refractivity contribution < 1.29 is 18.0 Å². The molecule has 1 aliphatic carbocycles. The summed E-state index contributed by atoms with van der Waals surface area (Å²) in [5.74, 6) is -2.86. The van der Waals surface area contributed by atoms with Crippen molar-refractivity contribution >= 4 is 40.1 Å². The number of pyridine rings is 2. The van der Waals surface area contributed by atoms with Gasteiger partial charge in [0.05, 0.1) is 21.7 Å². The van der Waals surface area contributed by atoms with Crippen molar-refractivity contribution in [1.82, 2.24) is 9.97 Å². The van der Waals surface area contributed by atoms with E-state index in [4.69, 9.17) is 17.3 Å². The lowest BCUT2D eigenvalue weighted by Crippen LogP contribution is -2.25.